The van der Waals surface area contributed by atoms with Crippen molar-refractivity contribution in [2.45, 2.75) is 24.7 Å². The van der Waals surface area contributed by atoms with Crippen molar-refractivity contribution in [1.82, 2.24) is 4.31 Å². The fourth-order valence-corrected chi connectivity index (χ4v) is 4.17. The van der Waals surface area contributed by atoms with Crippen molar-refractivity contribution in [1.29, 1.82) is 0 Å². The van der Waals surface area contributed by atoms with Gasteiger partial charge in [-0.15, -0.1) is 0 Å². The molecule has 1 heterocycles. The van der Waals surface area contributed by atoms with E-state index in [0.717, 1.165) is 0 Å². The van der Waals surface area contributed by atoms with Crippen LogP contribution in [-0.4, -0.2) is 44.2 Å². The molecule has 24 heavy (non-hydrogen) atoms. The maximum Gasteiger partial charge on any atom is 0.252 e. The normalized spacial score (nSPS) is 16.7. The molecule has 1 aromatic rings. The van der Waals surface area contributed by atoms with Crippen LogP contribution in [0.3, 0.4) is 0 Å². The Balaban J connectivity index is 2.28. The lowest BCUT2D eigenvalue weighted by Crippen LogP contribution is -2.41. The van der Waals surface area contributed by atoms with Crippen molar-refractivity contribution in [2.24, 2.45) is 17.4 Å². The van der Waals surface area contributed by atoms with E-state index < -0.39 is 21.8 Å². The lowest BCUT2D eigenvalue weighted by atomic mass is 9.98. The number of sulfonamides is 1. The van der Waals surface area contributed by atoms with Crippen LogP contribution in [0.5, 0.6) is 5.75 Å². The highest BCUT2D eigenvalue weighted by Crippen LogP contribution is 2.27. The van der Waals surface area contributed by atoms with Crippen LogP contribution < -0.4 is 16.2 Å². The van der Waals surface area contributed by atoms with Crippen molar-refractivity contribution in [3.63, 3.8) is 0 Å². The standard InChI is InChI=1S/C15H21N3O5S/c1-2-23-13-4-3-11(9-12(13)15(17)20)24(21,22)18-7-5-10(6-8-18)14(16)19/h3-4,9-10H,2,5-8H2,1H3,(H2,16,19)(H2,17,20). The molecule has 1 saturated heterocycles. The van der Waals surface area contributed by atoms with Crippen molar-refractivity contribution in [3.05, 3.63) is 23.8 Å². The first kappa shape index (κ1) is 18.2. The summed E-state index contributed by atoms with van der Waals surface area (Å²) < 4.78 is 32.0. The zero-order valence-electron chi connectivity index (χ0n) is 13.4. The van der Waals surface area contributed by atoms with E-state index in [1.165, 1.54) is 22.5 Å². The average Bonchev–Trinajstić information content (AvgIpc) is 2.55. The summed E-state index contributed by atoms with van der Waals surface area (Å²) in [7, 11) is -3.78. The predicted octanol–water partition coefficient (Wildman–Crippen LogP) is 0.0702. The van der Waals surface area contributed by atoms with Crippen LogP contribution in [0.15, 0.2) is 23.1 Å². The van der Waals surface area contributed by atoms with Gasteiger partial charge in [-0.2, -0.15) is 4.31 Å². The minimum Gasteiger partial charge on any atom is -0.493 e. The molecule has 8 nitrogen and oxygen atoms in total. The third-order valence-corrected chi connectivity index (χ3v) is 5.91. The first-order valence-electron chi connectivity index (χ1n) is 7.63. The van der Waals surface area contributed by atoms with Crippen molar-refractivity contribution in [2.75, 3.05) is 19.7 Å². The second-order valence-corrected chi connectivity index (χ2v) is 7.47. The van der Waals surface area contributed by atoms with Gasteiger partial charge < -0.3 is 16.2 Å². The Bertz CT molecular complexity index is 739. The molecule has 1 aliphatic heterocycles. The molecule has 1 aromatic carbocycles. The van der Waals surface area contributed by atoms with Crippen LogP contribution in [0, 0.1) is 5.92 Å². The number of hydrogen-bond donors (Lipinski definition) is 2. The molecular weight excluding hydrogens is 334 g/mol. The number of benzene rings is 1. The average molecular weight is 355 g/mol. The van der Waals surface area contributed by atoms with Crippen LogP contribution in [0.4, 0.5) is 0 Å². The highest BCUT2D eigenvalue weighted by atomic mass is 32.2. The Morgan fingerprint density at radius 1 is 1.25 bits per heavy atom. The molecule has 9 heteroatoms. The summed E-state index contributed by atoms with van der Waals surface area (Å²) in [6.07, 6.45) is 0.766. The van der Waals surface area contributed by atoms with Crippen molar-refractivity contribution < 1.29 is 22.7 Å². The quantitative estimate of drug-likeness (QED) is 0.745. The molecule has 1 fully saturated rings. The zero-order valence-corrected chi connectivity index (χ0v) is 14.2. The van der Waals surface area contributed by atoms with Gasteiger partial charge in [0, 0.05) is 19.0 Å². The first-order valence-corrected chi connectivity index (χ1v) is 9.07. The minimum atomic E-state index is -3.78. The van der Waals surface area contributed by atoms with E-state index in [-0.39, 0.29) is 35.2 Å². The molecule has 2 rings (SSSR count). The van der Waals surface area contributed by atoms with Gasteiger partial charge in [0.25, 0.3) is 5.91 Å². The van der Waals surface area contributed by atoms with Crippen LogP contribution in [0.1, 0.15) is 30.1 Å². The fourth-order valence-electron chi connectivity index (χ4n) is 2.67. The fraction of sp³-hybridized carbons (Fsp3) is 0.467. The second-order valence-electron chi connectivity index (χ2n) is 5.54. The number of nitrogens with two attached hydrogens (primary N) is 2. The van der Waals surface area contributed by atoms with Crippen LogP contribution in [0.25, 0.3) is 0 Å². The summed E-state index contributed by atoms with van der Waals surface area (Å²) in [5.74, 6) is -1.23. The third-order valence-electron chi connectivity index (χ3n) is 4.01. The lowest BCUT2D eigenvalue weighted by Gasteiger charge is -2.29. The molecule has 2 amide bonds. The van der Waals surface area contributed by atoms with Gasteiger partial charge in [-0.1, -0.05) is 0 Å². The third kappa shape index (κ3) is 3.68. The molecule has 0 atom stereocenters. The SMILES string of the molecule is CCOc1ccc(S(=O)(=O)N2CCC(C(N)=O)CC2)cc1C(N)=O. The summed E-state index contributed by atoms with van der Waals surface area (Å²) in [6.45, 7) is 2.48. The molecule has 0 unspecified atom stereocenters. The van der Waals surface area contributed by atoms with E-state index in [1.807, 2.05) is 0 Å². The Morgan fingerprint density at radius 3 is 2.38 bits per heavy atom. The number of nitrogens with zero attached hydrogens (tertiary/aromatic N) is 1. The van der Waals surface area contributed by atoms with E-state index >= 15 is 0 Å². The molecule has 0 aliphatic carbocycles. The Hall–Kier alpha value is -2.13. The monoisotopic (exact) mass is 355 g/mol. The predicted molar refractivity (Wildman–Crippen MR) is 86.8 cm³/mol. The second kappa shape index (κ2) is 7.18. The van der Waals surface area contributed by atoms with E-state index in [1.54, 1.807) is 6.92 Å². The van der Waals surface area contributed by atoms with Crippen LogP contribution in [0.2, 0.25) is 0 Å². The Kier molecular flexibility index (Phi) is 5.45. The lowest BCUT2D eigenvalue weighted by molar-refractivity contribution is -0.122. The molecule has 0 spiro atoms. The molecule has 4 N–H and O–H groups in total. The number of rotatable bonds is 6. The Morgan fingerprint density at radius 2 is 1.88 bits per heavy atom. The van der Waals surface area contributed by atoms with Crippen LogP contribution >= 0.6 is 0 Å². The summed E-state index contributed by atoms with van der Waals surface area (Å²) in [4.78, 5) is 22.7. The van der Waals surface area contributed by atoms with E-state index in [0.29, 0.717) is 19.4 Å². The topological polar surface area (TPSA) is 133 Å². The maximum atomic E-state index is 12.7. The van der Waals surface area contributed by atoms with Gasteiger partial charge in [-0.3, -0.25) is 9.59 Å². The molecule has 132 valence electrons. The van der Waals surface area contributed by atoms with Gasteiger partial charge in [-0.05, 0) is 38.0 Å². The smallest absolute Gasteiger partial charge is 0.252 e. The highest BCUT2D eigenvalue weighted by Gasteiger charge is 2.32. The number of carbonyl (C=O) groups excluding carboxylic acids is 2. The van der Waals surface area contributed by atoms with Gasteiger partial charge in [0.1, 0.15) is 5.75 Å². The van der Waals surface area contributed by atoms with E-state index in [2.05, 4.69) is 0 Å². The molecule has 0 bridgehead atoms. The zero-order chi connectivity index (χ0) is 17.9. The van der Waals surface area contributed by atoms with Gasteiger partial charge in [0.05, 0.1) is 17.1 Å². The van der Waals surface area contributed by atoms with Crippen molar-refractivity contribution in [3.8, 4) is 5.75 Å². The maximum absolute atomic E-state index is 12.7. The first-order chi connectivity index (χ1) is 11.3. The Labute approximate surface area is 140 Å². The summed E-state index contributed by atoms with van der Waals surface area (Å²) in [6, 6.07) is 4.03. The molecule has 0 radical (unpaired) electrons. The summed E-state index contributed by atoms with van der Waals surface area (Å²) in [5.41, 5.74) is 10.6. The van der Waals surface area contributed by atoms with Gasteiger partial charge in [0.15, 0.2) is 0 Å². The van der Waals surface area contributed by atoms with Gasteiger partial charge >= 0.3 is 0 Å². The van der Waals surface area contributed by atoms with E-state index in [9.17, 15) is 18.0 Å². The molecule has 0 aromatic heterocycles. The molecule has 0 saturated carbocycles. The number of amides is 2. The van der Waals surface area contributed by atoms with Gasteiger partial charge in [-0.25, -0.2) is 8.42 Å². The largest absolute Gasteiger partial charge is 0.493 e. The summed E-state index contributed by atoms with van der Waals surface area (Å²) >= 11 is 0. The summed E-state index contributed by atoms with van der Waals surface area (Å²) in [5, 5.41) is 0. The van der Waals surface area contributed by atoms with Crippen molar-refractivity contribution >= 4 is 21.8 Å². The molecular formula is C15H21N3O5S. The number of piperidine rings is 1. The number of ether oxygens (including phenoxy) is 1. The number of primary amides is 2. The molecule has 1 aliphatic rings. The minimum absolute atomic E-state index is 0.0185. The van der Waals surface area contributed by atoms with Gasteiger partial charge in [0.2, 0.25) is 15.9 Å². The van der Waals surface area contributed by atoms with E-state index in [4.69, 9.17) is 16.2 Å². The number of hydrogen-bond acceptors (Lipinski definition) is 5. The van der Waals surface area contributed by atoms with Crippen LogP contribution in [-0.2, 0) is 14.8 Å². The highest BCUT2D eigenvalue weighted by molar-refractivity contribution is 7.89. The number of carbonyl (C=O) groups is 2.